The molecule has 0 radical (unpaired) electrons. The molecule has 2 rings (SSSR count). The minimum Gasteiger partial charge on any atom is -0.293 e. The summed E-state index contributed by atoms with van der Waals surface area (Å²) >= 11 is 3.63. The first-order valence-corrected chi connectivity index (χ1v) is 6.70. The number of hydrogen-bond acceptors (Lipinski definition) is 4. The van der Waals surface area contributed by atoms with Crippen LogP contribution in [0.4, 0.5) is 0 Å². The Hall–Kier alpha value is -0.420. The highest BCUT2D eigenvalue weighted by atomic mass is 32.2. The van der Waals surface area contributed by atoms with Gasteiger partial charge in [0.25, 0.3) is 0 Å². The van der Waals surface area contributed by atoms with E-state index in [1.807, 2.05) is 18.8 Å². The molecule has 1 aromatic heterocycles. The van der Waals surface area contributed by atoms with Crippen molar-refractivity contribution in [3.8, 4) is 0 Å². The third-order valence-corrected chi connectivity index (χ3v) is 4.85. The molecule has 0 aromatic carbocycles. The number of carbonyl (C=O) groups excluding carboxylic acids is 1. The van der Waals surface area contributed by atoms with Gasteiger partial charge in [0.05, 0.1) is 17.0 Å². The highest BCUT2D eigenvalue weighted by molar-refractivity contribution is 8.07. The second kappa shape index (κ2) is 4.40. The molecular weight excluding hydrogens is 216 g/mol. The van der Waals surface area contributed by atoms with E-state index in [-0.39, 0.29) is 11.0 Å². The molecule has 1 aliphatic heterocycles. The molecule has 0 N–H and O–H groups in total. The SMILES string of the molecule is Cn1cc(C(=O)C2CSCCS2)cn1. The van der Waals surface area contributed by atoms with Crippen molar-refractivity contribution in [2.24, 2.45) is 7.05 Å². The summed E-state index contributed by atoms with van der Waals surface area (Å²) in [7, 11) is 1.83. The number of Topliss-reactive ketones (excluding diaryl/α,β-unsaturated/α-hetero) is 1. The minimum atomic E-state index is 0.137. The smallest absolute Gasteiger partial charge is 0.179 e. The third-order valence-electron chi connectivity index (χ3n) is 2.10. The first-order chi connectivity index (χ1) is 6.77. The molecule has 14 heavy (non-hydrogen) atoms. The van der Waals surface area contributed by atoms with E-state index in [4.69, 9.17) is 0 Å². The molecule has 5 heteroatoms. The van der Waals surface area contributed by atoms with Crippen molar-refractivity contribution in [1.29, 1.82) is 0 Å². The zero-order chi connectivity index (χ0) is 9.97. The van der Waals surface area contributed by atoms with Crippen molar-refractivity contribution < 1.29 is 4.79 Å². The van der Waals surface area contributed by atoms with E-state index in [2.05, 4.69) is 5.10 Å². The topological polar surface area (TPSA) is 34.9 Å². The Morgan fingerprint density at radius 3 is 3.07 bits per heavy atom. The summed E-state index contributed by atoms with van der Waals surface area (Å²) in [6.45, 7) is 0. The number of aryl methyl sites for hydroxylation is 1. The van der Waals surface area contributed by atoms with Crippen LogP contribution in [0.25, 0.3) is 0 Å². The van der Waals surface area contributed by atoms with Crippen LogP contribution in [0.3, 0.4) is 0 Å². The van der Waals surface area contributed by atoms with E-state index in [1.165, 1.54) is 5.75 Å². The van der Waals surface area contributed by atoms with E-state index >= 15 is 0 Å². The Balaban J connectivity index is 2.07. The number of hydrogen-bond donors (Lipinski definition) is 0. The second-order valence-corrected chi connectivity index (χ2v) is 5.66. The molecule has 0 bridgehead atoms. The van der Waals surface area contributed by atoms with Crippen LogP contribution in [-0.2, 0) is 7.05 Å². The maximum absolute atomic E-state index is 11.9. The number of aromatic nitrogens is 2. The van der Waals surface area contributed by atoms with Gasteiger partial charge >= 0.3 is 0 Å². The molecule has 2 heterocycles. The Bertz CT molecular complexity index is 331. The standard InChI is InChI=1S/C9H12N2OS2/c1-11-5-7(4-10-11)9(12)8-6-13-2-3-14-8/h4-5,8H,2-3,6H2,1H3. The van der Waals surface area contributed by atoms with Gasteiger partial charge in [0.15, 0.2) is 5.78 Å². The maximum Gasteiger partial charge on any atom is 0.179 e. The largest absolute Gasteiger partial charge is 0.293 e. The second-order valence-electron chi connectivity index (χ2n) is 3.20. The molecule has 0 spiro atoms. The van der Waals surface area contributed by atoms with Crippen molar-refractivity contribution in [1.82, 2.24) is 9.78 Å². The molecule has 1 fully saturated rings. The molecule has 1 unspecified atom stereocenters. The monoisotopic (exact) mass is 228 g/mol. The minimum absolute atomic E-state index is 0.137. The van der Waals surface area contributed by atoms with Crippen LogP contribution >= 0.6 is 23.5 Å². The van der Waals surface area contributed by atoms with Crippen molar-refractivity contribution in [3.05, 3.63) is 18.0 Å². The summed E-state index contributed by atoms with van der Waals surface area (Å²) in [6.07, 6.45) is 3.45. The van der Waals surface area contributed by atoms with Crippen LogP contribution in [0, 0.1) is 0 Å². The molecule has 1 saturated heterocycles. The van der Waals surface area contributed by atoms with Crippen LogP contribution in [0.1, 0.15) is 10.4 Å². The van der Waals surface area contributed by atoms with Gasteiger partial charge in [-0.2, -0.15) is 16.9 Å². The normalized spacial score (nSPS) is 22.2. The quantitative estimate of drug-likeness (QED) is 0.718. The summed E-state index contributed by atoms with van der Waals surface area (Å²) in [4.78, 5) is 11.9. The van der Waals surface area contributed by atoms with Crippen molar-refractivity contribution in [2.75, 3.05) is 17.3 Å². The van der Waals surface area contributed by atoms with Crippen LogP contribution in [0.2, 0.25) is 0 Å². The fraction of sp³-hybridized carbons (Fsp3) is 0.556. The molecule has 0 amide bonds. The first-order valence-electron chi connectivity index (χ1n) is 4.49. The van der Waals surface area contributed by atoms with Gasteiger partial charge in [0.2, 0.25) is 0 Å². The molecule has 1 atom stereocenters. The predicted octanol–water partition coefficient (Wildman–Crippen LogP) is 1.45. The van der Waals surface area contributed by atoms with Gasteiger partial charge in [-0.05, 0) is 0 Å². The lowest BCUT2D eigenvalue weighted by atomic mass is 10.2. The number of carbonyl (C=O) groups is 1. The number of ketones is 1. The van der Waals surface area contributed by atoms with Gasteiger partial charge in [-0.25, -0.2) is 0 Å². The molecule has 0 saturated carbocycles. The van der Waals surface area contributed by atoms with Gasteiger partial charge in [0, 0.05) is 30.5 Å². The number of rotatable bonds is 2. The van der Waals surface area contributed by atoms with Gasteiger partial charge < -0.3 is 0 Å². The first kappa shape index (κ1) is 10.1. The van der Waals surface area contributed by atoms with Crippen LogP contribution in [0.5, 0.6) is 0 Å². The molecule has 0 aliphatic carbocycles. The summed E-state index contributed by atoms with van der Waals surface area (Å²) in [6, 6.07) is 0. The number of nitrogens with zero attached hydrogens (tertiary/aromatic N) is 2. The van der Waals surface area contributed by atoms with E-state index in [9.17, 15) is 4.79 Å². The van der Waals surface area contributed by atoms with E-state index < -0.39 is 0 Å². The average molecular weight is 228 g/mol. The molecule has 1 aliphatic rings. The lowest BCUT2D eigenvalue weighted by molar-refractivity contribution is 0.0995. The van der Waals surface area contributed by atoms with Crippen LogP contribution in [0.15, 0.2) is 12.4 Å². The van der Waals surface area contributed by atoms with Gasteiger partial charge in [0.1, 0.15) is 0 Å². The number of thioether (sulfide) groups is 2. The van der Waals surface area contributed by atoms with Crippen LogP contribution in [-0.4, -0.2) is 38.1 Å². The lowest BCUT2D eigenvalue weighted by Gasteiger charge is -2.18. The summed E-state index contributed by atoms with van der Waals surface area (Å²) in [5.41, 5.74) is 0.743. The molecular formula is C9H12N2OS2. The van der Waals surface area contributed by atoms with Crippen molar-refractivity contribution in [3.63, 3.8) is 0 Å². The van der Waals surface area contributed by atoms with Crippen LogP contribution < -0.4 is 0 Å². The van der Waals surface area contributed by atoms with Crippen molar-refractivity contribution >= 4 is 29.3 Å². The van der Waals surface area contributed by atoms with Gasteiger partial charge in [-0.3, -0.25) is 9.48 Å². The Kier molecular flexibility index (Phi) is 3.18. The fourth-order valence-corrected chi connectivity index (χ4v) is 4.01. The fourth-order valence-electron chi connectivity index (χ4n) is 1.37. The Labute approximate surface area is 91.6 Å². The highest BCUT2D eigenvalue weighted by Gasteiger charge is 2.23. The third kappa shape index (κ3) is 2.15. The zero-order valence-electron chi connectivity index (χ0n) is 7.97. The van der Waals surface area contributed by atoms with Gasteiger partial charge in [-0.1, -0.05) is 0 Å². The summed E-state index contributed by atoms with van der Waals surface area (Å²) in [5.74, 6) is 3.43. The van der Waals surface area contributed by atoms with E-state index in [1.54, 1.807) is 28.8 Å². The molecule has 1 aromatic rings. The Morgan fingerprint density at radius 1 is 1.64 bits per heavy atom. The lowest BCUT2D eigenvalue weighted by Crippen LogP contribution is -2.23. The highest BCUT2D eigenvalue weighted by Crippen LogP contribution is 2.26. The predicted molar refractivity (Wildman–Crippen MR) is 61.1 cm³/mol. The molecule has 76 valence electrons. The maximum atomic E-state index is 11.9. The molecule has 3 nitrogen and oxygen atoms in total. The van der Waals surface area contributed by atoms with Gasteiger partial charge in [-0.15, -0.1) is 11.8 Å². The average Bonchev–Trinajstić information content (AvgIpc) is 2.65. The van der Waals surface area contributed by atoms with E-state index in [0.29, 0.717) is 0 Å². The van der Waals surface area contributed by atoms with E-state index in [0.717, 1.165) is 17.1 Å². The summed E-state index contributed by atoms with van der Waals surface area (Å²) in [5, 5.41) is 4.15. The zero-order valence-corrected chi connectivity index (χ0v) is 9.61. The van der Waals surface area contributed by atoms with Crippen molar-refractivity contribution in [2.45, 2.75) is 5.25 Å². The summed E-state index contributed by atoms with van der Waals surface area (Å²) < 4.78 is 1.67. The Morgan fingerprint density at radius 2 is 2.50 bits per heavy atom.